The number of benzene rings is 1. The van der Waals surface area contributed by atoms with Gasteiger partial charge in [0.25, 0.3) is 0 Å². The molecule has 0 aliphatic carbocycles. The Labute approximate surface area is 118 Å². The highest BCUT2D eigenvalue weighted by molar-refractivity contribution is 5.76. The van der Waals surface area contributed by atoms with E-state index in [0.29, 0.717) is 17.9 Å². The Balaban J connectivity index is 3.03. The van der Waals surface area contributed by atoms with Crippen LogP contribution >= 0.6 is 0 Å². The van der Waals surface area contributed by atoms with E-state index in [-0.39, 0.29) is 18.8 Å². The molecule has 20 heavy (non-hydrogen) atoms. The first-order valence-corrected chi connectivity index (χ1v) is 6.40. The van der Waals surface area contributed by atoms with Crippen molar-refractivity contribution in [3.05, 3.63) is 28.3 Å². The lowest BCUT2D eigenvalue weighted by molar-refractivity contribution is -0.383. The molecule has 0 spiro atoms. The molecule has 0 radical (unpaired) electrons. The van der Waals surface area contributed by atoms with Crippen molar-refractivity contribution in [2.75, 3.05) is 44.1 Å². The largest absolute Gasteiger partial charge is 0.389 e. The Bertz CT molecular complexity index is 453. The van der Waals surface area contributed by atoms with Gasteiger partial charge in [-0.2, -0.15) is 0 Å². The molecule has 0 aliphatic rings. The molecule has 0 aromatic heterocycles. The fraction of sp³-hybridized carbons (Fsp3) is 0.538. The van der Waals surface area contributed by atoms with Crippen molar-refractivity contribution in [3.63, 3.8) is 0 Å². The van der Waals surface area contributed by atoms with Crippen LogP contribution in [0.4, 0.5) is 17.1 Å². The predicted molar refractivity (Wildman–Crippen MR) is 78.4 cm³/mol. The van der Waals surface area contributed by atoms with Crippen molar-refractivity contribution >= 4 is 17.1 Å². The molecule has 1 rings (SSSR count). The highest BCUT2D eigenvalue weighted by atomic mass is 16.6. The van der Waals surface area contributed by atoms with E-state index in [9.17, 15) is 15.2 Å². The van der Waals surface area contributed by atoms with Gasteiger partial charge in [0.05, 0.1) is 17.6 Å². The van der Waals surface area contributed by atoms with Crippen LogP contribution in [0.3, 0.4) is 0 Å². The van der Waals surface area contributed by atoms with Crippen LogP contribution in [-0.4, -0.2) is 50.0 Å². The number of hydrogen-bond donors (Lipinski definition) is 2. The quantitative estimate of drug-likeness (QED) is 0.555. The number of nitrogens with one attached hydrogen (secondary N) is 1. The molecule has 0 saturated heterocycles. The smallest absolute Gasteiger partial charge is 0.315 e. The lowest BCUT2D eigenvalue weighted by Crippen LogP contribution is -2.32. The van der Waals surface area contributed by atoms with E-state index in [1.54, 1.807) is 30.1 Å². The van der Waals surface area contributed by atoms with E-state index in [4.69, 9.17) is 4.74 Å². The Morgan fingerprint density at radius 3 is 2.80 bits per heavy atom. The van der Waals surface area contributed by atoms with Gasteiger partial charge in [0, 0.05) is 27.2 Å². The van der Waals surface area contributed by atoms with Gasteiger partial charge in [-0.1, -0.05) is 6.07 Å². The summed E-state index contributed by atoms with van der Waals surface area (Å²) >= 11 is 0. The minimum absolute atomic E-state index is 0.0152. The topological polar surface area (TPSA) is 87.9 Å². The molecule has 1 aromatic carbocycles. The van der Waals surface area contributed by atoms with E-state index in [1.165, 1.54) is 7.11 Å². The predicted octanol–water partition coefficient (Wildman–Crippen LogP) is 1.47. The Hall–Kier alpha value is -1.86. The van der Waals surface area contributed by atoms with Gasteiger partial charge >= 0.3 is 5.69 Å². The molecular weight excluding hydrogens is 262 g/mol. The number of methoxy groups -OCH3 is 1. The number of anilines is 2. The minimum atomic E-state index is -0.701. The third kappa shape index (κ3) is 4.07. The number of ether oxygens (including phenoxy) is 1. The van der Waals surface area contributed by atoms with E-state index >= 15 is 0 Å². The second kappa shape index (κ2) is 7.66. The first-order chi connectivity index (χ1) is 9.51. The highest BCUT2D eigenvalue weighted by Gasteiger charge is 2.23. The number of nitro groups is 1. The van der Waals surface area contributed by atoms with E-state index in [1.807, 2.05) is 6.92 Å². The van der Waals surface area contributed by atoms with Crippen molar-refractivity contribution in [1.29, 1.82) is 0 Å². The summed E-state index contributed by atoms with van der Waals surface area (Å²) in [6, 6.07) is 5.09. The fourth-order valence-electron chi connectivity index (χ4n) is 2.02. The molecule has 0 amide bonds. The third-order valence-electron chi connectivity index (χ3n) is 2.82. The number of likely N-dealkylation sites (N-methyl/N-ethyl adjacent to an activating group) is 1. The fourth-order valence-corrected chi connectivity index (χ4v) is 2.02. The molecule has 0 saturated carbocycles. The molecular formula is C13H21N3O4. The normalized spacial score (nSPS) is 12.0. The molecule has 0 heterocycles. The Morgan fingerprint density at radius 1 is 1.55 bits per heavy atom. The second-order valence-corrected chi connectivity index (χ2v) is 4.45. The van der Waals surface area contributed by atoms with E-state index in [2.05, 4.69) is 5.32 Å². The van der Waals surface area contributed by atoms with Gasteiger partial charge in [0.1, 0.15) is 11.4 Å². The molecule has 0 fully saturated rings. The average molecular weight is 283 g/mol. The number of nitro benzene ring substituents is 1. The zero-order valence-corrected chi connectivity index (χ0v) is 12.0. The van der Waals surface area contributed by atoms with Crippen LogP contribution in [0.15, 0.2) is 18.2 Å². The standard InChI is InChI=1S/C13H21N3O4/c1-4-14-11-6-5-7-12(13(11)16(18)19)15(2)8-10(17)9-20-3/h5-7,10,14,17H,4,8-9H2,1-3H3. The van der Waals surface area contributed by atoms with Crippen LogP contribution < -0.4 is 10.2 Å². The van der Waals surface area contributed by atoms with Gasteiger partial charge in [-0.05, 0) is 19.1 Å². The van der Waals surface area contributed by atoms with Gasteiger partial charge in [0.2, 0.25) is 0 Å². The summed E-state index contributed by atoms with van der Waals surface area (Å²) in [7, 11) is 3.20. The summed E-state index contributed by atoms with van der Waals surface area (Å²) in [5.74, 6) is 0. The Morgan fingerprint density at radius 2 is 2.25 bits per heavy atom. The summed E-state index contributed by atoms with van der Waals surface area (Å²) in [6.07, 6.45) is -0.701. The van der Waals surface area contributed by atoms with Crippen LogP contribution in [0.25, 0.3) is 0 Å². The van der Waals surface area contributed by atoms with Gasteiger partial charge in [-0.15, -0.1) is 0 Å². The van der Waals surface area contributed by atoms with E-state index < -0.39 is 11.0 Å². The zero-order valence-electron chi connectivity index (χ0n) is 12.0. The third-order valence-corrected chi connectivity index (χ3v) is 2.82. The number of hydrogen-bond acceptors (Lipinski definition) is 6. The Kier molecular flexibility index (Phi) is 6.20. The van der Waals surface area contributed by atoms with Crippen molar-refractivity contribution < 1.29 is 14.8 Å². The molecule has 1 unspecified atom stereocenters. The zero-order chi connectivity index (χ0) is 15.1. The molecule has 0 aliphatic heterocycles. The van der Waals surface area contributed by atoms with Crippen LogP contribution in [0.2, 0.25) is 0 Å². The van der Waals surface area contributed by atoms with Crippen LogP contribution in [-0.2, 0) is 4.74 Å². The highest BCUT2D eigenvalue weighted by Crippen LogP contribution is 2.34. The number of para-hydroxylation sites is 1. The maximum atomic E-state index is 11.3. The van der Waals surface area contributed by atoms with Gasteiger partial charge in [0.15, 0.2) is 0 Å². The van der Waals surface area contributed by atoms with Crippen molar-refractivity contribution in [1.82, 2.24) is 0 Å². The summed E-state index contributed by atoms with van der Waals surface area (Å²) in [5.41, 5.74) is 0.952. The van der Waals surface area contributed by atoms with Gasteiger partial charge in [-0.25, -0.2) is 0 Å². The second-order valence-electron chi connectivity index (χ2n) is 4.45. The lowest BCUT2D eigenvalue weighted by atomic mass is 10.2. The number of aliphatic hydroxyl groups is 1. The number of nitrogens with zero attached hydrogens (tertiary/aromatic N) is 2. The molecule has 112 valence electrons. The van der Waals surface area contributed by atoms with E-state index in [0.717, 1.165) is 0 Å². The minimum Gasteiger partial charge on any atom is -0.389 e. The van der Waals surface area contributed by atoms with Gasteiger partial charge < -0.3 is 20.1 Å². The maximum Gasteiger partial charge on any atom is 0.315 e. The monoisotopic (exact) mass is 283 g/mol. The van der Waals surface area contributed by atoms with Crippen molar-refractivity contribution in [3.8, 4) is 0 Å². The molecule has 0 bridgehead atoms. The van der Waals surface area contributed by atoms with Crippen LogP contribution in [0.1, 0.15) is 6.92 Å². The van der Waals surface area contributed by atoms with Crippen molar-refractivity contribution in [2.45, 2.75) is 13.0 Å². The van der Waals surface area contributed by atoms with Gasteiger partial charge in [-0.3, -0.25) is 10.1 Å². The molecule has 1 aromatic rings. The summed E-state index contributed by atoms with van der Waals surface area (Å²) in [4.78, 5) is 12.5. The van der Waals surface area contributed by atoms with Crippen LogP contribution in [0, 0.1) is 10.1 Å². The first-order valence-electron chi connectivity index (χ1n) is 6.40. The maximum absolute atomic E-state index is 11.3. The van der Waals surface area contributed by atoms with Crippen molar-refractivity contribution in [2.24, 2.45) is 0 Å². The summed E-state index contributed by atoms with van der Waals surface area (Å²) in [5, 5.41) is 24.0. The molecule has 7 heteroatoms. The molecule has 2 N–H and O–H groups in total. The number of rotatable bonds is 8. The lowest BCUT2D eigenvalue weighted by Gasteiger charge is -2.23. The van der Waals surface area contributed by atoms with Crippen LogP contribution in [0.5, 0.6) is 0 Å². The summed E-state index contributed by atoms with van der Waals surface area (Å²) in [6.45, 7) is 2.91. The molecule has 7 nitrogen and oxygen atoms in total. The summed E-state index contributed by atoms with van der Waals surface area (Å²) < 4.78 is 4.86. The number of aliphatic hydroxyl groups excluding tert-OH is 1. The molecule has 1 atom stereocenters. The average Bonchev–Trinajstić information content (AvgIpc) is 2.38. The SMILES string of the molecule is CCNc1cccc(N(C)CC(O)COC)c1[N+](=O)[O-]. The first kappa shape index (κ1) is 16.2.